The number of nitrogens with zero attached hydrogens (tertiary/aromatic N) is 7. The fourth-order valence-electron chi connectivity index (χ4n) is 8.05. The number of alkyl halides is 4. The Kier molecular flexibility index (Phi) is 13.0. The van der Waals surface area contributed by atoms with Crippen molar-refractivity contribution in [3.05, 3.63) is 132 Å². The maximum absolute atomic E-state index is 12.3. The zero-order valence-electron chi connectivity index (χ0n) is 34.8. The van der Waals surface area contributed by atoms with Crippen LogP contribution >= 0.6 is 0 Å². The van der Waals surface area contributed by atoms with Gasteiger partial charge in [0.15, 0.2) is 11.6 Å². The van der Waals surface area contributed by atoms with Crippen LogP contribution in [-0.2, 0) is 30.5 Å². The Labute approximate surface area is 373 Å². The molecule has 0 unspecified atom stereocenters. The van der Waals surface area contributed by atoms with Crippen LogP contribution in [0.3, 0.4) is 0 Å². The van der Waals surface area contributed by atoms with Crippen LogP contribution in [0.25, 0.3) is 33.4 Å². The van der Waals surface area contributed by atoms with Crippen LogP contribution in [0.1, 0.15) is 35.4 Å². The van der Waals surface area contributed by atoms with Crippen LogP contribution in [0, 0.1) is 0 Å². The van der Waals surface area contributed by atoms with Crippen molar-refractivity contribution in [3.63, 3.8) is 0 Å². The van der Waals surface area contributed by atoms with E-state index in [1.807, 2.05) is 36.4 Å². The highest BCUT2D eigenvalue weighted by molar-refractivity contribution is 6.00. The molecule has 8 aromatic rings. The second-order valence-electron chi connectivity index (χ2n) is 14.8. The van der Waals surface area contributed by atoms with E-state index in [4.69, 9.17) is 17.2 Å². The van der Waals surface area contributed by atoms with Crippen molar-refractivity contribution < 1.29 is 36.6 Å². The molecule has 66 heavy (non-hydrogen) atoms. The summed E-state index contributed by atoms with van der Waals surface area (Å²) in [6, 6.07) is 25.8. The zero-order chi connectivity index (χ0) is 46.3. The van der Waals surface area contributed by atoms with Gasteiger partial charge in [-0.05, 0) is 147 Å². The van der Waals surface area contributed by atoms with E-state index in [0.717, 1.165) is 71.2 Å². The molecule has 0 atom stereocenters. The van der Waals surface area contributed by atoms with E-state index in [-0.39, 0.29) is 11.5 Å². The molecule has 0 saturated heterocycles. The van der Waals surface area contributed by atoms with Gasteiger partial charge in [0.1, 0.15) is 35.2 Å². The van der Waals surface area contributed by atoms with Crippen molar-refractivity contribution in [2.45, 2.75) is 51.7 Å². The maximum Gasteiger partial charge on any atom is 0.387 e. The predicted molar refractivity (Wildman–Crippen MR) is 242 cm³/mol. The first-order chi connectivity index (χ1) is 32.0. The molecule has 20 heteroatoms. The number of carbonyl (C=O) groups is 1. The van der Waals surface area contributed by atoms with E-state index in [9.17, 15) is 27.2 Å². The van der Waals surface area contributed by atoms with Crippen molar-refractivity contribution in [3.8, 4) is 22.9 Å². The molecule has 0 bridgehead atoms. The van der Waals surface area contributed by atoms with Gasteiger partial charge in [-0.25, -0.2) is 29.5 Å². The minimum Gasteiger partial charge on any atom is -0.435 e. The molecule has 2 aliphatic carbocycles. The standard InChI is InChI=1S/C23H20F2N6O2.C15H15N5.C8H5F2NO2/c24-22(25)33-16-10-6-14(7-11-16)30-23(32)29-13-4-8-15(9-5-13)31-18-3-1-2-17(18)19-20(31)21(26)28-12-27-19;16-9-4-6-10(7-5-9)20-12-3-1-2-11(12)13-14(20)15(17)19-8-18-13;9-8(10)13-7-3-1-6(2-4-7)11-5-12/h4-12,22H,1-3H2,(H2,26,27,28)(H2,29,30,32);4-8H,1-3,16H2,(H2,17,18,19);1-4,8H. The lowest BCUT2D eigenvalue weighted by Gasteiger charge is -2.12. The van der Waals surface area contributed by atoms with Crippen molar-refractivity contribution >= 4 is 68.6 Å². The topological polar surface area (TPSA) is 228 Å². The average molecular weight is 901 g/mol. The smallest absolute Gasteiger partial charge is 0.387 e. The van der Waals surface area contributed by atoms with E-state index in [1.54, 1.807) is 18.5 Å². The van der Waals surface area contributed by atoms with Gasteiger partial charge in [0.2, 0.25) is 6.08 Å². The Morgan fingerprint density at radius 1 is 0.606 bits per heavy atom. The lowest BCUT2D eigenvalue weighted by molar-refractivity contribution is -0.0505. The number of hydrogen-bond acceptors (Lipinski definition) is 12. The molecule has 0 saturated carbocycles. The van der Waals surface area contributed by atoms with Gasteiger partial charge in [0, 0.05) is 39.8 Å². The fourth-order valence-corrected chi connectivity index (χ4v) is 8.05. The number of anilines is 5. The third-order valence-corrected chi connectivity index (χ3v) is 10.7. The number of rotatable bonds is 9. The van der Waals surface area contributed by atoms with Gasteiger partial charge in [-0.15, -0.1) is 0 Å². The van der Waals surface area contributed by atoms with Gasteiger partial charge < -0.3 is 46.4 Å². The highest BCUT2D eigenvalue weighted by Crippen LogP contribution is 2.38. The SMILES string of the molecule is Nc1ccc(-n2c3c(c4ncnc(N)c42)CCC3)cc1.Nc1ncnc2c3c(n(-c4ccc(NC(=O)Nc5ccc(OC(F)F)cc5)cc4)c12)CCC3.O=C=Nc1ccc(OC(F)F)cc1. The zero-order valence-corrected chi connectivity index (χ0v) is 34.8. The number of aliphatic imine (C=N–C) groups is 1. The predicted octanol–water partition coefficient (Wildman–Crippen LogP) is 9.07. The van der Waals surface area contributed by atoms with Crippen LogP contribution in [0.5, 0.6) is 11.5 Å². The monoisotopic (exact) mass is 900 g/mol. The number of hydrogen-bond donors (Lipinski definition) is 5. The Balaban J connectivity index is 0.000000151. The van der Waals surface area contributed by atoms with Crippen LogP contribution in [-0.4, -0.2) is 54.4 Å². The largest absolute Gasteiger partial charge is 0.435 e. The number of amides is 2. The molecule has 0 radical (unpaired) electrons. The molecule has 4 heterocycles. The number of fused-ring (bicyclic) bond motifs is 6. The number of halogens is 4. The third-order valence-electron chi connectivity index (χ3n) is 10.7. The Morgan fingerprint density at radius 2 is 1.03 bits per heavy atom. The number of nitrogens with two attached hydrogens (primary N) is 3. The Morgan fingerprint density at radius 3 is 1.47 bits per heavy atom. The first-order valence-electron chi connectivity index (χ1n) is 20.4. The molecule has 2 aliphatic rings. The van der Waals surface area contributed by atoms with Gasteiger partial charge in [-0.3, -0.25) is 0 Å². The number of urea groups is 1. The van der Waals surface area contributed by atoms with Crippen LogP contribution in [0.4, 0.5) is 56.7 Å². The summed E-state index contributed by atoms with van der Waals surface area (Å²) in [4.78, 5) is 42.6. The van der Waals surface area contributed by atoms with Gasteiger partial charge in [-0.2, -0.15) is 22.6 Å². The summed E-state index contributed by atoms with van der Waals surface area (Å²) in [5, 5.41) is 5.40. The number of aromatic nitrogens is 6. The van der Waals surface area contributed by atoms with Crippen molar-refractivity contribution in [1.29, 1.82) is 0 Å². The second kappa shape index (κ2) is 19.5. The van der Waals surface area contributed by atoms with E-state index < -0.39 is 19.3 Å². The first kappa shape index (κ1) is 44.1. The number of isocyanates is 1. The second-order valence-corrected chi connectivity index (χ2v) is 14.8. The molecule has 0 fully saturated rings. The minimum absolute atomic E-state index is 0.0154. The summed E-state index contributed by atoms with van der Waals surface area (Å²) in [6.45, 7) is -5.75. The summed E-state index contributed by atoms with van der Waals surface area (Å²) in [5.41, 5.74) is 30.8. The summed E-state index contributed by atoms with van der Waals surface area (Å²) >= 11 is 0. The lowest BCUT2D eigenvalue weighted by atomic mass is 10.2. The summed E-state index contributed by atoms with van der Waals surface area (Å²) in [6.07, 6.45) is 10.6. The van der Waals surface area contributed by atoms with Crippen LogP contribution in [0.15, 0.2) is 115 Å². The number of ether oxygens (including phenoxy) is 2. The molecule has 2 amide bonds. The maximum atomic E-state index is 12.3. The number of carbonyl (C=O) groups excluding carboxylic acids is 2. The van der Waals surface area contributed by atoms with Gasteiger partial charge in [0.05, 0.1) is 16.7 Å². The van der Waals surface area contributed by atoms with Gasteiger partial charge in [0.25, 0.3) is 0 Å². The summed E-state index contributed by atoms with van der Waals surface area (Å²) < 4.78 is 60.4. The van der Waals surface area contributed by atoms with Crippen molar-refractivity contribution in [2.24, 2.45) is 4.99 Å². The van der Waals surface area contributed by atoms with Crippen molar-refractivity contribution in [2.75, 3.05) is 27.8 Å². The van der Waals surface area contributed by atoms with Gasteiger partial charge in [-0.1, -0.05) is 0 Å². The molecule has 16 nitrogen and oxygen atoms in total. The first-order valence-corrected chi connectivity index (χ1v) is 20.4. The normalized spacial score (nSPS) is 12.4. The Bertz CT molecular complexity index is 3050. The quantitative estimate of drug-likeness (QED) is 0.0397. The van der Waals surface area contributed by atoms with E-state index >= 15 is 0 Å². The molecule has 0 spiro atoms. The van der Waals surface area contributed by atoms with E-state index in [1.165, 1.54) is 89.9 Å². The molecule has 4 aromatic heterocycles. The number of benzene rings is 4. The molecule has 10 rings (SSSR count). The highest BCUT2D eigenvalue weighted by atomic mass is 19.3. The fraction of sp³-hybridized carbons (Fsp3) is 0.174. The van der Waals surface area contributed by atoms with Gasteiger partial charge >= 0.3 is 19.3 Å². The molecule has 336 valence electrons. The molecular weight excluding hydrogens is 861 g/mol. The highest BCUT2D eigenvalue weighted by Gasteiger charge is 2.26. The number of nitrogens with one attached hydrogen (secondary N) is 2. The number of nitrogen functional groups attached to an aromatic ring is 3. The summed E-state index contributed by atoms with van der Waals surface area (Å²) in [7, 11) is 0. The van der Waals surface area contributed by atoms with E-state index in [0.29, 0.717) is 28.7 Å². The lowest BCUT2D eigenvalue weighted by Crippen LogP contribution is -2.19. The van der Waals surface area contributed by atoms with Crippen molar-refractivity contribution in [1.82, 2.24) is 29.1 Å². The molecule has 4 aromatic carbocycles. The van der Waals surface area contributed by atoms with E-state index in [2.05, 4.69) is 54.2 Å². The minimum atomic E-state index is -2.90. The van der Waals surface area contributed by atoms with Crippen LogP contribution < -0.4 is 37.3 Å². The molecule has 8 N–H and O–H groups in total. The molecular formula is C46H40F4N12O4. The van der Waals surface area contributed by atoms with Crippen LogP contribution in [0.2, 0.25) is 0 Å². The number of aryl methyl sites for hydroxylation is 2. The third kappa shape index (κ3) is 9.68. The molecule has 0 aliphatic heterocycles. The Hall–Kier alpha value is -8.51. The average Bonchev–Trinajstić information content (AvgIpc) is 4.10. The summed E-state index contributed by atoms with van der Waals surface area (Å²) in [5.74, 6) is 1.00.